The standard InChI is InChI=1S/C17H25NO/c1-2-3-4-5-9-12-16(19)13-14-17(18)15-10-7-6-8-11-15/h2,6-8,10-11,17H,1,3-5,9,12-14,18H2. The molecule has 0 saturated heterocycles. The molecule has 1 rings (SSSR count). The van der Waals surface area contributed by atoms with Gasteiger partial charge in [0.25, 0.3) is 0 Å². The highest BCUT2D eigenvalue weighted by Gasteiger charge is 2.08. The Morgan fingerprint density at radius 3 is 2.58 bits per heavy atom. The Balaban J connectivity index is 2.14. The van der Waals surface area contributed by atoms with Crippen LogP contribution in [0.1, 0.15) is 56.6 Å². The fourth-order valence-corrected chi connectivity index (χ4v) is 2.10. The highest BCUT2D eigenvalue weighted by atomic mass is 16.1. The predicted molar refractivity (Wildman–Crippen MR) is 80.9 cm³/mol. The number of hydrogen-bond donors (Lipinski definition) is 1. The number of Topliss-reactive ketones (excluding diaryl/α,β-unsaturated/α-hetero) is 1. The molecule has 2 heteroatoms. The van der Waals surface area contributed by atoms with Gasteiger partial charge >= 0.3 is 0 Å². The molecule has 0 aromatic heterocycles. The topological polar surface area (TPSA) is 43.1 Å². The van der Waals surface area contributed by atoms with Crippen LogP contribution >= 0.6 is 0 Å². The van der Waals surface area contributed by atoms with Crippen molar-refractivity contribution in [3.8, 4) is 0 Å². The van der Waals surface area contributed by atoms with Gasteiger partial charge in [-0.2, -0.15) is 0 Å². The molecule has 104 valence electrons. The summed E-state index contributed by atoms with van der Waals surface area (Å²) in [6, 6.07) is 9.96. The number of nitrogens with two attached hydrogens (primary N) is 1. The number of benzene rings is 1. The summed E-state index contributed by atoms with van der Waals surface area (Å²) in [5, 5.41) is 0. The smallest absolute Gasteiger partial charge is 0.132 e. The van der Waals surface area contributed by atoms with Crippen LogP contribution in [0.2, 0.25) is 0 Å². The Morgan fingerprint density at radius 1 is 1.16 bits per heavy atom. The largest absolute Gasteiger partial charge is 0.324 e. The maximum Gasteiger partial charge on any atom is 0.132 e. The normalized spacial score (nSPS) is 12.1. The zero-order valence-corrected chi connectivity index (χ0v) is 11.7. The second-order valence-corrected chi connectivity index (χ2v) is 4.98. The van der Waals surface area contributed by atoms with Crippen LogP contribution in [0.25, 0.3) is 0 Å². The Bertz CT molecular complexity index is 372. The third-order valence-electron chi connectivity index (χ3n) is 3.33. The summed E-state index contributed by atoms with van der Waals surface area (Å²) in [4.78, 5) is 11.7. The van der Waals surface area contributed by atoms with Gasteiger partial charge in [-0.05, 0) is 31.2 Å². The molecule has 0 bridgehead atoms. The Labute approximate surface area is 116 Å². The molecule has 0 aliphatic rings. The van der Waals surface area contributed by atoms with Gasteiger partial charge in [-0.15, -0.1) is 6.58 Å². The van der Waals surface area contributed by atoms with E-state index in [1.807, 2.05) is 36.4 Å². The molecule has 0 saturated carbocycles. The van der Waals surface area contributed by atoms with Gasteiger partial charge < -0.3 is 5.73 Å². The van der Waals surface area contributed by atoms with Crippen LogP contribution < -0.4 is 5.73 Å². The van der Waals surface area contributed by atoms with E-state index in [2.05, 4.69) is 6.58 Å². The van der Waals surface area contributed by atoms with Crippen LogP contribution in [0.15, 0.2) is 43.0 Å². The second kappa shape index (κ2) is 9.51. The molecular formula is C17H25NO. The van der Waals surface area contributed by atoms with Crippen LogP contribution in [0, 0.1) is 0 Å². The number of carbonyl (C=O) groups is 1. The second-order valence-electron chi connectivity index (χ2n) is 4.98. The minimum atomic E-state index is -0.0223. The highest BCUT2D eigenvalue weighted by molar-refractivity contribution is 5.78. The van der Waals surface area contributed by atoms with Crippen LogP contribution in [-0.4, -0.2) is 5.78 Å². The van der Waals surface area contributed by atoms with E-state index >= 15 is 0 Å². The lowest BCUT2D eigenvalue weighted by molar-refractivity contribution is -0.119. The Hall–Kier alpha value is -1.41. The summed E-state index contributed by atoms with van der Waals surface area (Å²) in [7, 11) is 0. The van der Waals surface area contributed by atoms with Gasteiger partial charge in [-0.25, -0.2) is 0 Å². The quantitative estimate of drug-likeness (QED) is 0.506. The lowest BCUT2D eigenvalue weighted by Crippen LogP contribution is -2.12. The van der Waals surface area contributed by atoms with E-state index in [9.17, 15) is 4.79 Å². The third-order valence-corrected chi connectivity index (χ3v) is 3.33. The van der Waals surface area contributed by atoms with Crippen molar-refractivity contribution in [3.63, 3.8) is 0 Å². The predicted octanol–water partition coefficient (Wildman–Crippen LogP) is 4.17. The van der Waals surface area contributed by atoms with E-state index in [1.165, 1.54) is 0 Å². The molecule has 2 N–H and O–H groups in total. The first-order chi connectivity index (χ1) is 9.24. The zero-order valence-electron chi connectivity index (χ0n) is 11.7. The van der Waals surface area contributed by atoms with E-state index in [0.717, 1.165) is 37.7 Å². The van der Waals surface area contributed by atoms with Crippen molar-refractivity contribution in [1.29, 1.82) is 0 Å². The summed E-state index contributed by atoms with van der Waals surface area (Å²) in [6.45, 7) is 3.69. The fraction of sp³-hybridized carbons (Fsp3) is 0.471. The van der Waals surface area contributed by atoms with Crippen molar-refractivity contribution in [3.05, 3.63) is 48.6 Å². The van der Waals surface area contributed by atoms with Gasteiger partial charge in [0.2, 0.25) is 0 Å². The lowest BCUT2D eigenvalue weighted by atomic mass is 9.99. The minimum absolute atomic E-state index is 0.0223. The number of carbonyl (C=O) groups excluding carboxylic acids is 1. The maximum absolute atomic E-state index is 11.7. The summed E-state index contributed by atoms with van der Waals surface area (Å²) in [5.74, 6) is 0.338. The molecule has 0 aliphatic heterocycles. The highest BCUT2D eigenvalue weighted by Crippen LogP contribution is 2.16. The van der Waals surface area contributed by atoms with E-state index < -0.39 is 0 Å². The number of ketones is 1. The van der Waals surface area contributed by atoms with Crippen LogP contribution in [0.5, 0.6) is 0 Å². The number of unbranched alkanes of at least 4 members (excludes halogenated alkanes) is 3. The molecule has 0 aliphatic carbocycles. The summed E-state index contributed by atoms with van der Waals surface area (Å²) in [6.07, 6.45) is 8.26. The van der Waals surface area contributed by atoms with Gasteiger partial charge in [-0.3, -0.25) is 4.79 Å². The number of rotatable bonds is 10. The molecule has 0 amide bonds. The zero-order chi connectivity index (χ0) is 13.9. The lowest BCUT2D eigenvalue weighted by Gasteiger charge is -2.11. The van der Waals surface area contributed by atoms with E-state index in [4.69, 9.17) is 5.73 Å². The molecule has 1 aromatic carbocycles. The van der Waals surface area contributed by atoms with Crippen LogP contribution in [0.4, 0.5) is 0 Å². The van der Waals surface area contributed by atoms with Crippen LogP contribution in [-0.2, 0) is 4.79 Å². The van der Waals surface area contributed by atoms with Crippen LogP contribution in [0.3, 0.4) is 0 Å². The van der Waals surface area contributed by atoms with Gasteiger partial charge in [0, 0.05) is 18.9 Å². The molecular weight excluding hydrogens is 234 g/mol. The molecule has 19 heavy (non-hydrogen) atoms. The SMILES string of the molecule is C=CCCCCCC(=O)CCC(N)c1ccccc1. The van der Waals surface area contributed by atoms with Gasteiger partial charge in [0.05, 0.1) is 0 Å². The molecule has 0 radical (unpaired) electrons. The van der Waals surface area contributed by atoms with Gasteiger partial charge in [-0.1, -0.05) is 42.8 Å². The maximum atomic E-state index is 11.7. The van der Waals surface area contributed by atoms with Crippen molar-refractivity contribution in [2.24, 2.45) is 5.73 Å². The van der Waals surface area contributed by atoms with Crippen molar-refractivity contribution in [1.82, 2.24) is 0 Å². The fourth-order valence-electron chi connectivity index (χ4n) is 2.10. The average molecular weight is 259 g/mol. The van der Waals surface area contributed by atoms with Gasteiger partial charge in [0.1, 0.15) is 5.78 Å². The first-order valence-corrected chi connectivity index (χ1v) is 7.17. The van der Waals surface area contributed by atoms with Crippen molar-refractivity contribution in [2.45, 2.75) is 51.0 Å². The average Bonchev–Trinajstić information content (AvgIpc) is 2.45. The molecule has 0 fully saturated rings. The first-order valence-electron chi connectivity index (χ1n) is 7.17. The third kappa shape index (κ3) is 6.92. The van der Waals surface area contributed by atoms with E-state index in [-0.39, 0.29) is 6.04 Å². The van der Waals surface area contributed by atoms with Gasteiger partial charge in [0.15, 0.2) is 0 Å². The molecule has 0 heterocycles. The number of hydrogen-bond acceptors (Lipinski definition) is 2. The number of allylic oxidation sites excluding steroid dienone is 1. The van der Waals surface area contributed by atoms with Crippen molar-refractivity contribution < 1.29 is 4.79 Å². The summed E-state index contributed by atoms with van der Waals surface area (Å²) >= 11 is 0. The Kier molecular flexibility index (Phi) is 7.83. The molecule has 1 aromatic rings. The minimum Gasteiger partial charge on any atom is -0.324 e. The Morgan fingerprint density at radius 2 is 1.89 bits per heavy atom. The van der Waals surface area contributed by atoms with Crippen molar-refractivity contribution >= 4 is 5.78 Å². The summed E-state index contributed by atoms with van der Waals surface area (Å²) < 4.78 is 0. The molecule has 2 nitrogen and oxygen atoms in total. The monoisotopic (exact) mass is 259 g/mol. The molecule has 1 atom stereocenters. The molecule has 0 spiro atoms. The van der Waals surface area contributed by atoms with Crippen molar-refractivity contribution in [2.75, 3.05) is 0 Å². The van der Waals surface area contributed by atoms with E-state index in [1.54, 1.807) is 0 Å². The van der Waals surface area contributed by atoms with E-state index in [0.29, 0.717) is 18.6 Å². The molecule has 1 unspecified atom stereocenters. The first kappa shape index (κ1) is 15.6. The summed E-state index contributed by atoms with van der Waals surface area (Å²) in [5.41, 5.74) is 7.19.